The van der Waals surface area contributed by atoms with Crippen LogP contribution in [-0.2, 0) is 27.9 Å². The lowest BCUT2D eigenvalue weighted by Gasteiger charge is -2.30. The molecule has 0 saturated heterocycles. The van der Waals surface area contributed by atoms with Crippen LogP contribution in [0, 0.1) is 0 Å². The standard InChI is InChI=1S/C61H103N2O7P/c1-7-10-13-16-19-22-25-28-29-30-31-32-33-36-39-42-45-48-51-54-61(65)70-59(52-49-46-43-40-37-34-26-23-20-17-14-11-8-2)58(57-69-71(66,67)68-56-55-63(4,5)6)62-60(64)53-50-47-44-41-38-35-27-24-21-18-15-12-9-3/h10,12-13,15,18-19,21-22,24,27-29,31-32,36,39,45,48-49,52,58-59H,7-9,11,14,16-17,20,23,25-26,30,33-35,37-38,40-44,46-47,50-51,53-57H2,1-6H3,(H-,62,64,66,67)/b13-10-,15-12+,21-18+,22-19-,27-24-,29-28-,32-31-,39-36-,48-45-,52-49-. The second-order valence-corrected chi connectivity index (χ2v) is 20.8. The Kier molecular flexibility index (Phi) is 47.4. The molecule has 10 heteroatoms. The van der Waals surface area contributed by atoms with Crippen LogP contribution in [0.5, 0.6) is 0 Å². The van der Waals surface area contributed by atoms with Crippen molar-refractivity contribution >= 4 is 19.7 Å². The number of carbonyl (C=O) groups is 2. The largest absolute Gasteiger partial charge is 0.756 e. The fraction of sp³-hybridized carbons (Fsp3) is 0.639. The SMILES string of the molecule is CC/C=C\C/C=C\C/C=C\C/C=C\C/C=C\C/C=C\CCC(=O)OC(/C=C\CCCCCCCCCCCCC)C(COP(=O)([O-])OCC[N+](C)(C)C)NC(=O)CCCCCCC\C=C/C=C/C=C/CC. The van der Waals surface area contributed by atoms with Crippen LogP contribution in [0.3, 0.4) is 0 Å². The first kappa shape index (κ1) is 67.4. The summed E-state index contributed by atoms with van der Waals surface area (Å²) in [5.74, 6) is -0.674. The fourth-order valence-electron chi connectivity index (χ4n) is 7.19. The number of ether oxygens (including phenoxy) is 1. The number of phosphoric ester groups is 1. The Morgan fingerprint density at radius 2 is 0.986 bits per heavy atom. The number of quaternary nitrogens is 1. The van der Waals surface area contributed by atoms with Gasteiger partial charge in [-0.25, -0.2) is 0 Å². The van der Waals surface area contributed by atoms with Gasteiger partial charge < -0.3 is 28.5 Å². The molecule has 1 amide bonds. The van der Waals surface area contributed by atoms with Crippen molar-refractivity contribution in [3.8, 4) is 0 Å². The lowest BCUT2D eigenvalue weighted by atomic mass is 10.0. The number of phosphoric acid groups is 1. The van der Waals surface area contributed by atoms with Crippen LogP contribution in [0.25, 0.3) is 0 Å². The second kappa shape index (κ2) is 50.0. The van der Waals surface area contributed by atoms with Crippen molar-refractivity contribution in [2.45, 2.75) is 213 Å². The first-order valence-corrected chi connectivity index (χ1v) is 29.3. The molecule has 404 valence electrons. The van der Waals surface area contributed by atoms with E-state index in [1.54, 1.807) is 6.08 Å². The zero-order valence-electron chi connectivity index (χ0n) is 45.9. The Bertz CT molecular complexity index is 1630. The molecule has 3 atom stereocenters. The Labute approximate surface area is 435 Å². The van der Waals surface area contributed by atoms with Crippen molar-refractivity contribution in [3.05, 3.63) is 122 Å². The summed E-state index contributed by atoms with van der Waals surface area (Å²) in [6.07, 6.45) is 69.0. The minimum Gasteiger partial charge on any atom is -0.756 e. The molecule has 0 aromatic carbocycles. The first-order chi connectivity index (χ1) is 34.4. The van der Waals surface area contributed by atoms with Crippen LogP contribution in [0.2, 0.25) is 0 Å². The van der Waals surface area contributed by atoms with Gasteiger partial charge >= 0.3 is 5.97 Å². The van der Waals surface area contributed by atoms with Gasteiger partial charge in [0.15, 0.2) is 0 Å². The molecule has 0 rings (SSSR count). The van der Waals surface area contributed by atoms with Crippen molar-refractivity contribution in [3.63, 3.8) is 0 Å². The molecule has 0 aliphatic rings. The normalized spacial score (nSPS) is 14.7. The Morgan fingerprint density at radius 3 is 1.51 bits per heavy atom. The summed E-state index contributed by atoms with van der Waals surface area (Å²) in [5.41, 5.74) is 0. The number of allylic oxidation sites excluding steroid dienone is 19. The number of hydrogen-bond acceptors (Lipinski definition) is 7. The zero-order valence-corrected chi connectivity index (χ0v) is 46.8. The summed E-state index contributed by atoms with van der Waals surface area (Å²) in [6.45, 7) is 6.50. The molecular formula is C61H103N2O7P. The Balaban J connectivity index is 5.54. The molecule has 0 bridgehead atoms. The van der Waals surface area contributed by atoms with E-state index in [0.717, 1.165) is 96.3 Å². The van der Waals surface area contributed by atoms with Gasteiger partial charge in [-0.3, -0.25) is 14.2 Å². The van der Waals surface area contributed by atoms with Gasteiger partial charge in [0.25, 0.3) is 7.82 Å². The molecule has 0 spiro atoms. The highest BCUT2D eigenvalue weighted by Gasteiger charge is 2.27. The molecule has 71 heavy (non-hydrogen) atoms. The summed E-state index contributed by atoms with van der Waals surface area (Å²) in [4.78, 5) is 39.8. The summed E-state index contributed by atoms with van der Waals surface area (Å²) in [6, 6.07) is -0.937. The maximum absolute atomic E-state index is 13.4. The number of carbonyl (C=O) groups excluding carboxylic acids is 2. The van der Waals surface area contributed by atoms with Gasteiger partial charge in [0.1, 0.15) is 19.3 Å². The van der Waals surface area contributed by atoms with Crippen LogP contribution in [0.15, 0.2) is 122 Å². The molecule has 0 aromatic heterocycles. The smallest absolute Gasteiger partial charge is 0.306 e. The summed E-state index contributed by atoms with van der Waals surface area (Å²) < 4.78 is 30.1. The van der Waals surface area contributed by atoms with E-state index in [9.17, 15) is 19.0 Å². The van der Waals surface area contributed by atoms with E-state index in [1.165, 1.54) is 57.8 Å². The number of nitrogens with zero attached hydrogens (tertiary/aromatic N) is 1. The average molecular weight is 1010 g/mol. The quantitative estimate of drug-likeness (QED) is 0.0161. The highest BCUT2D eigenvalue weighted by molar-refractivity contribution is 7.45. The minimum atomic E-state index is -4.72. The average Bonchev–Trinajstić information content (AvgIpc) is 3.33. The predicted molar refractivity (Wildman–Crippen MR) is 302 cm³/mol. The van der Waals surface area contributed by atoms with Crippen molar-refractivity contribution < 1.29 is 37.3 Å². The van der Waals surface area contributed by atoms with E-state index in [-0.39, 0.29) is 25.4 Å². The highest BCUT2D eigenvalue weighted by Crippen LogP contribution is 2.38. The Hall–Kier alpha value is -3.59. The third kappa shape index (κ3) is 51.1. The number of likely N-dealkylation sites (N-methyl/N-ethyl adjacent to an activating group) is 1. The molecule has 0 heterocycles. The number of nitrogens with one attached hydrogen (secondary N) is 1. The number of hydrogen-bond donors (Lipinski definition) is 1. The molecule has 0 saturated carbocycles. The van der Waals surface area contributed by atoms with E-state index in [0.29, 0.717) is 23.9 Å². The van der Waals surface area contributed by atoms with Gasteiger partial charge in [-0.15, -0.1) is 0 Å². The zero-order chi connectivity index (χ0) is 52.2. The van der Waals surface area contributed by atoms with E-state index < -0.39 is 32.5 Å². The van der Waals surface area contributed by atoms with Crippen LogP contribution in [0.4, 0.5) is 0 Å². The first-order valence-electron chi connectivity index (χ1n) is 27.9. The molecule has 1 N–H and O–H groups in total. The third-order valence-electron chi connectivity index (χ3n) is 11.5. The topological polar surface area (TPSA) is 114 Å². The molecular weight excluding hydrogens is 904 g/mol. The summed E-state index contributed by atoms with van der Waals surface area (Å²) >= 11 is 0. The number of unbranched alkanes of at least 4 members (excludes halogenated alkanes) is 16. The molecule has 3 unspecified atom stereocenters. The van der Waals surface area contributed by atoms with Gasteiger partial charge in [-0.2, -0.15) is 0 Å². The van der Waals surface area contributed by atoms with Gasteiger partial charge in [-0.05, 0) is 89.5 Å². The number of esters is 1. The fourth-order valence-corrected chi connectivity index (χ4v) is 7.92. The van der Waals surface area contributed by atoms with Gasteiger partial charge in [0.2, 0.25) is 5.91 Å². The third-order valence-corrected chi connectivity index (χ3v) is 12.4. The van der Waals surface area contributed by atoms with Crippen molar-refractivity contribution in [2.75, 3.05) is 40.9 Å². The molecule has 9 nitrogen and oxygen atoms in total. The van der Waals surface area contributed by atoms with Crippen LogP contribution >= 0.6 is 7.82 Å². The van der Waals surface area contributed by atoms with Crippen LogP contribution in [-0.4, -0.2) is 69.4 Å². The molecule has 0 aromatic rings. The maximum Gasteiger partial charge on any atom is 0.306 e. The van der Waals surface area contributed by atoms with Gasteiger partial charge in [0.05, 0.1) is 33.8 Å². The lowest BCUT2D eigenvalue weighted by molar-refractivity contribution is -0.870. The van der Waals surface area contributed by atoms with E-state index in [4.69, 9.17) is 13.8 Å². The second-order valence-electron chi connectivity index (χ2n) is 19.4. The van der Waals surface area contributed by atoms with Crippen molar-refractivity contribution in [2.24, 2.45) is 0 Å². The predicted octanol–water partition coefficient (Wildman–Crippen LogP) is 16.1. The minimum absolute atomic E-state index is 0.0445. The van der Waals surface area contributed by atoms with Gasteiger partial charge in [0, 0.05) is 12.8 Å². The lowest BCUT2D eigenvalue weighted by Crippen LogP contribution is -2.47. The van der Waals surface area contributed by atoms with E-state index in [2.05, 4.69) is 111 Å². The molecule has 0 fully saturated rings. The van der Waals surface area contributed by atoms with E-state index >= 15 is 0 Å². The summed E-state index contributed by atoms with van der Waals surface area (Å²) in [7, 11) is 1.11. The van der Waals surface area contributed by atoms with Crippen LogP contribution < -0.4 is 10.2 Å². The molecule has 0 aliphatic carbocycles. The molecule has 0 aliphatic heterocycles. The number of rotatable bonds is 48. The van der Waals surface area contributed by atoms with E-state index in [1.807, 2.05) is 51.5 Å². The summed E-state index contributed by atoms with van der Waals surface area (Å²) in [5, 5.41) is 2.98. The maximum atomic E-state index is 13.4. The monoisotopic (exact) mass is 1010 g/mol. The van der Waals surface area contributed by atoms with Gasteiger partial charge in [-0.1, -0.05) is 220 Å². The molecule has 0 radical (unpaired) electrons. The Morgan fingerprint density at radius 1 is 0.521 bits per heavy atom. The van der Waals surface area contributed by atoms with Crippen molar-refractivity contribution in [1.29, 1.82) is 0 Å². The van der Waals surface area contributed by atoms with Crippen LogP contribution in [0.1, 0.15) is 201 Å². The highest BCUT2D eigenvalue weighted by atomic mass is 31.2. The number of amides is 1. The van der Waals surface area contributed by atoms with Crippen molar-refractivity contribution in [1.82, 2.24) is 5.32 Å².